The molecule has 1 heterocycles. The number of amides is 1. The Hall–Kier alpha value is -2.32. The lowest BCUT2D eigenvalue weighted by Gasteiger charge is -2.34. The molecule has 0 saturated carbocycles. The van der Waals surface area contributed by atoms with Crippen LogP contribution in [0.4, 0.5) is 0 Å². The summed E-state index contributed by atoms with van der Waals surface area (Å²) >= 11 is 0. The molecule has 104 valence electrons. The minimum absolute atomic E-state index is 0.0201. The van der Waals surface area contributed by atoms with Gasteiger partial charge in [-0.2, -0.15) is 0 Å². The average Bonchev–Trinajstić information content (AvgIpc) is 2.47. The quantitative estimate of drug-likeness (QED) is 0.772. The van der Waals surface area contributed by atoms with Crippen LogP contribution in [0.25, 0.3) is 0 Å². The Bertz CT molecular complexity index is 558. The molecule has 1 aromatic rings. The molecule has 0 spiro atoms. The van der Waals surface area contributed by atoms with Gasteiger partial charge in [-0.05, 0) is 30.7 Å². The van der Waals surface area contributed by atoms with Crippen LogP contribution in [0.15, 0.2) is 24.3 Å². The van der Waals surface area contributed by atoms with Crippen molar-refractivity contribution >= 4 is 11.9 Å². The first-order valence-corrected chi connectivity index (χ1v) is 6.29. The number of carbonyl (C=O) groups excluding carboxylic acids is 1. The van der Waals surface area contributed by atoms with E-state index in [0.29, 0.717) is 17.7 Å². The summed E-state index contributed by atoms with van der Waals surface area (Å²) in [7, 11) is 0. The average molecular weight is 273 g/mol. The van der Waals surface area contributed by atoms with Crippen molar-refractivity contribution in [3.05, 3.63) is 35.4 Å². The number of hydrogen-bond acceptors (Lipinski definition) is 3. The first kappa shape index (κ1) is 14.1. The number of carbonyl (C=O) groups is 2. The highest BCUT2D eigenvalue weighted by Gasteiger charge is 2.35. The van der Waals surface area contributed by atoms with Gasteiger partial charge in [-0.1, -0.05) is 5.92 Å². The van der Waals surface area contributed by atoms with Crippen LogP contribution in [0.2, 0.25) is 0 Å². The van der Waals surface area contributed by atoms with E-state index in [0.717, 1.165) is 0 Å². The Morgan fingerprint density at radius 3 is 2.50 bits per heavy atom. The number of nitrogens with zero attached hydrogens (tertiary/aromatic N) is 1. The summed E-state index contributed by atoms with van der Waals surface area (Å²) in [5.74, 6) is 0.203. The zero-order chi connectivity index (χ0) is 14.7. The van der Waals surface area contributed by atoms with Crippen LogP contribution in [-0.2, 0) is 4.79 Å². The Kier molecular flexibility index (Phi) is 4.06. The summed E-state index contributed by atoms with van der Waals surface area (Å²) in [5, 5.41) is 18.7. The Balaban J connectivity index is 2.12. The molecular weight excluding hydrogens is 258 g/mol. The highest BCUT2D eigenvalue weighted by molar-refractivity contribution is 5.94. The van der Waals surface area contributed by atoms with Gasteiger partial charge in [-0.25, -0.2) is 0 Å². The van der Waals surface area contributed by atoms with E-state index in [4.69, 9.17) is 11.5 Å². The SMILES string of the molecule is C#Cc1ccc(C(=O)N2CCC(O)C(C(=O)O)C2)cc1. The van der Waals surface area contributed by atoms with Gasteiger partial charge in [0.05, 0.1) is 6.10 Å². The Morgan fingerprint density at radius 1 is 1.30 bits per heavy atom. The maximum Gasteiger partial charge on any atom is 0.310 e. The van der Waals surface area contributed by atoms with Crippen LogP contribution in [0.1, 0.15) is 22.3 Å². The van der Waals surface area contributed by atoms with E-state index < -0.39 is 18.0 Å². The summed E-state index contributed by atoms with van der Waals surface area (Å²) in [5.41, 5.74) is 1.14. The van der Waals surface area contributed by atoms with E-state index in [1.54, 1.807) is 24.3 Å². The largest absolute Gasteiger partial charge is 0.481 e. The van der Waals surface area contributed by atoms with Gasteiger partial charge >= 0.3 is 5.97 Å². The molecular formula is C15H15NO4. The number of likely N-dealkylation sites (tertiary alicyclic amines) is 1. The fourth-order valence-corrected chi connectivity index (χ4v) is 2.26. The normalized spacial score (nSPS) is 22.1. The fraction of sp³-hybridized carbons (Fsp3) is 0.333. The maximum atomic E-state index is 12.3. The predicted molar refractivity (Wildman–Crippen MR) is 72.0 cm³/mol. The third-order valence-electron chi connectivity index (χ3n) is 3.48. The minimum Gasteiger partial charge on any atom is -0.481 e. The number of carboxylic acid groups (broad SMARTS) is 1. The van der Waals surface area contributed by atoms with Crippen molar-refractivity contribution < 1.29 is 19.8 Å². The summed E-state index contributed by atoms with van der Waals surface area (Å²) in [6.45, 7) is 0.368. The van der Waals surface area contributed by atoms with Gasteiger partial charge in [-0.3, -0.25) is 9.59 Å². The highest BCUT2D eigenvalue weighted by atomic mass is 16.4. The first-order valence-electron chi connectivity index (χ1n) is 6.29. The summed E-state index contributed by atoms with van der Waals surface area (Å²) in [6.07, 6.45) is 4.61. The number of aliphatic carboxylic acids is 1. The van der Waals surface area contributed by atoms with Gasteiger partial charge in [0.1, 0.15) is 5.92 Å². The molecule has 2 atom stereocenters. The lowest BCUT2D eigenvalue weighted by Crippen LogP contribution is -2.48. The number of terminal acetylenes is 1. The van der Waals surface area contributed by atoms with Crippen molar-refractivity contribution in [2.75, 3.05) is 13.1 Å². The van der Waals surface area contributed by atoms with Gasteiger partial charge in [0.2, 0.25) is 0 Å². The highest BCUT2D eigenvalue weighted by Crippen LogP contribution is 2.19. The molecule has 1 fully saturated rings. The fourth-order valence-electron chi connectivity index (χ4n) is 2.26. The van der Waals surface area contributed by atoms with Crippen molar-refractivity contribution in [2.45, 2.75) is 12.5 Å². The lowest BCUT2D eigenvalue weighted by molar-refractivity contribution is -0.148. The van der Waals surface area contributed by atoms with Crippen molar-refractivity contribution in [1.29, 1.82) is 0 Å². The van der Waals surface area contributed by atoms with Gasteiger partial charge in [-0.15, -0.1) is 6.42 Å². The number of hydrogen-bond donors (Lipinski definition) is 2. The number of carboxylic acids is 1. The van der Waals surface area contributed by atoms with E-state index in [9.17, 15) is 14.7 Å². The molecule has 1 aromatic carbocycles. The molecule has 2 N–H and O–H groups in total. The van der Waals surface area contributed by atoms with Crippen LogP contribution < -0.4 is 0 Å². The lowest BCUT2D eigenvalue weighted by atomic mass is 9.94. The van der Waals surface area contributed by atoms with Crippen molar-refractivity contribution in [3.63, 3.8) is 0 Å². The van der Waals surface area contributed by atoms with Crippen LogP contribution in [0.3, 0.4) is 0 Å². The summed E-state index contributed by atoms with van der Waals surface area (Å²) in [6, 6.07) is 6.58. The molecule has 5 heteroatoms. The summed E-state index contributed by atoms with van der Waals surface area (Å²) in [4.78, 5) is 24.8. The topological polar surface area (TPSA) is 77.8 Å². The smallest absolute Gasteiger partial charge is 0.310 e. The van der Waals surface area contributed by atoms with E-state index >= 15 is 0 Å². The maximum absolute atomic E-state index is 12.3. The molecule has 2 rings (SSSR count). The first-order chi connectivity index (χ1) is 9.52. The molecule has 1 saturated heterocycles. The second-order valence-electron chi connectivity index (χ2n) is 4.77. The Labute approximate surface area is 116 Å². The molecule has 1 aliphatic rings. The predicted octanol–water partition coefficient (Wildman–Crippen LogP) is 0.575. The number of aliphatic hydroxyl groups is 1. The number of aliphatic hydroxyl groups excluding tert-OH is 1. The standard InChI is InChI=1S/C15H15NO4/c1-2-10-3-5-11(6-4-10)14(18)16-8-7-13(17)12(9-16)15(19)20/h1,3-6,12-13,17H,7-9H2,(H,19,20). The molecule has 1 aliphatic heterocycles. The minimum atomic E-state index is -1.09. The molecule has 20 heavy (non-hydrogen) atoms. The van der Waals surface area contributed by atoms with Gasteiger partial charge in [0.25, 0.3) is 5.91 Å². The number of benzene rings is 1. The third kappa shape index (κ3) is 2.81. The van der Waals surface area contributed by atoms with Crippen molar-refractivity contribution in [1.82, 2.24) is 4.90 Å². The van der Waals surface area contributed by atoms with E-state index in [2.05, 4.69) is 5.92 Å². The third-order valence-corrected chi connectivity index (χ3v) is 3.48. The van der Waals surface area contributed by atoms with E-state index in [-0.39, 0.29) is 18.9 Å². The molecule has 0 aromatic heterocycles. The second-order valence-corrected chi connectivity index (χ2v) is 4.77. The monoisotopic (exact) mass is 273 g/mol. The van der Waals surface area contributed by atoms with Crippen LogP contribution in [-0.4, -0.2) is 46.2 Å². The zero-order valence-electron chi connectivity index (χ0n) is 10.8. The Morgan fingerprint density at radius 2 is 1.95 bits per heavy atom. The number of piperidine rings is 1. The van der Waals surface area contributed by atoms with Crippen molar-refractivity contribution in [3.8, 4) is 12.3 Å². The molecule has 0 radical (unpaired) electrons. The second kappa shape index (κ2) is 5.76. The molecule has 5 nitrogen and oxygen atoms in total. The van der Waals surface area contributed by atoms with E-state index in [1.807, 2.05) is 0 Å². The van der Waals surface area contributed by atoms with Gasteiger partial charge in [0, 0.05) is 24.2 Å². The van der Waals surface area contributed by atoms with Crippen LogP contribution in [0.5, 0.6) is 0 Å². The molecule has 2 unspecified atom stereocenters. The van der Waals surface area contributed by atoms with Crippen LogP contribution in [0, 0.1) is 18.3 Å². The van der Waals surface area contributed by atoms with Gasteiger partial charge < -0.3 is 15.1 Å². The van der Waals surface area contributed by atoms with Crippen LogP contribution >= 0.6 is 0 Å². The van der Waals surface area contributed by atoms with Crippen molar-refractivity contribution in [2.24, 2.45) is 5.92 Å². The van der Waals surface area contributed by atoms with E-state index in [1.165, 1.54) is 4.90 Å². The molecule has 1 amide bonds. The molecule has 0 aliphatic carbocycles. The van der Waals surface area contributed by atoms with Gasteiger partial charge in [0.15, 0.2) is 0 Å². The number of rotatable bonds is 2. The molecule has 0 bridgehead atoms. The summed E-state index contributed by atoms with van der Waals surface area (Å²) < 4.78 is 0. The zero-order valence-corrected chi connectivity index (χ0v) is 10.8.